The number of likely N-dealkylation sites (tertiary alicyclic amines) is 1. The van der Waals surface area contributed by atoms with Crippen LogP contribution in [0.3, 0.4) is 0 Å². The Morgan fingerprint density at radius 3 is 2.78 bits per heavy atom. The number of hydrogen-bond donors (Lipinski definition) is 1. The minimum absolute atomic E-state index is 0.512. The van der Waals surface area contributed by atoms with Crippen molar-refractivity contribution in [2.24, 2.45) is 0 Å². The Morgan fingerprint density at radius 2 is 2.04 bits per heavy atom. The zero-order valence-corrected chi connectivity index (χ0v) is 14.4. The largest absolute Gasteiger partial charge is 0.367 e. The summed E-state index contributed by atoms with van der Waals surface area (Å²) in [4.78, 5) is 15.8. The van der Waals surface area contributed by atoms with Gasteiger partial charge in [-0.25, -0.2) is 15.0 Å². The molecule has 1 N–H and O–H groups in total. The van der Waals surface area contributed by atoms with E-state index in [4.69, 9.17) is 4.98 Å². The second-order valence-corrected chi connectivity index (χ2v) is 7.58. The first-order valence-electron chi connectivity index (χ1n) is 8.48. The number of nitrogens with zero attached hydrogens (tertiary/aromatic N) is 4. The lowest BCUT2D eigenvalue weighted by Crippen LogP contribution is -2.38. The first kappa shape index (κ1) is 15.0. The molecule has 0 spiro atoms. The van der Waals surface area contributed by atoms with Crippen LogP contribution >= 0.6 is 11.3 Å². The third kappa shape index (κ3) is 3.87. The highest BCUT2D eigenvalue weighted by Gasteiger charge is 2.27. The van der Waals surface area contributed by atoms with Crippen LogP contribution in [-0.4, -0.2) is 39.0 Å². The summed E-state index contributed by atoms with van der Waals surface area (Å²) in [5.41, 5.74) is 2.27. The van der Waals surface area contributed by atoms with E-state index in [-0.39, 0.29) is 0 Å². The van der Waals surface area contributed by atoms with Crippen molar-refractivity contribution < 1.29 is 0 Å². The Balaban J connectivity index is 1.26. The van der Waals surface area contributed by atoms with E-state index in [1.807, 2.05) is 24.3 Å². The van der Waals surface area contributed by atoms with Gasteiger partial charge in [-0.05, 0) is 32.6 Å². The van der Waals surface area contributed by atoms with Gasteiger partial charge in [-0.3, -0.25) is 4.90 Å². The normalized spacial score (nSPS) is 19.9. The zero-order chi connectivity index (χ0) is 15.6. The zero-order valence-electron chi connectivity index (χ0n) is 13.5. The van der Waals surface area contributed by atoms with Crippen LogP contribution in [0.25, 0.3) is 0 Å². The minimum atomic E-state index is 0.512. The van der Waals surface area contributed by atoms with Crippen LogP contribution in [-0.2, 0) is 6.54 Å². The molecule has 1 aliphatic carbocycles. The molecule has 0 bridgehead atoms. The van der Waals surface area contributed by atoms with Crippen molar-refractivity contribution in [3.63, 3.8) is 0 Å². The smallest absolute Gasteiger partial charge is 0.129 e. The minimum Gasteiger partial charge on any atom is -0.367 e. The molecule has 2 aromatic heterocycles. The summed E-state index contributed by atoms with van der Waals surface area (Å²) >= 11 is 1.85. The van der Waals surface area contributed by atoms with Gasteiger partial charge in [-0.15, -0.1) is 11.3 Å². The summed E-state index contributed by atoms with van der Waals surface area (Å²) in [6.07, 6.45) is 6.62. The standard InChI is InChI=1S/C17H23N5S/c1-12-8-16(19-11-18-12)20-14-4-6-22(7-5-14)9-15-10-23-17(21-15)13-2-3-13/h8,10-11,13-14H,2-7,9H2,1H3,(H,18,19,20). The first-order valence-corrected chi connectivity index (χ1v) is 9.36. The van der Waals surface area contributed by atoms with Crippen molar-refractivity contribution in [2.45, 2.75) is 51.1 Å². The predicted octanol–water partition coefficient (Wildman–Crippen LogP) is 3.20. The van der Waals surface area contributed by atoms with Gasteiger partial charge in [0.1, 0.15) is 12.1 Å². The van der Waals surface area contributed by atoms with Crippen LogP contribution < -0.4 is 5.32 Å². The van der Waals surface area contributed by atoms with Gasteiger partial charge in [-0.1, -0.05) is 0 Å². The van der Waals surface area contributed by atoms with Crippen molar-refractivity contribution in [1.82, 2.24) is 19.9 Å². The molecule has 4 rings (SSSR count). The summed E-state index contributed by atoms with van der Waals surface area (Å²) in [5.74, 6) is 1.73. The molecule has 0 amide bonds. The van der Waals surface area contributed by atoms with Crippen LogP contribution in [0.15, 0.2) is 17.8 Å². The van der Waals surface area contributed by atoms with Crippen molar-refractivity contribution in [3.8, 4) is 0 Å². The molecule has 1 aliphatic heterocycles. The van der Waals surface area contributed by atoms with Crippen LogP contribution in [0.4, 0.5) is 5.82 Å². The Morgan fingerprint density at radius 1 is 1.22 bits per heavy atom. The van der Waals surface area contributed by atoms with E-state index in [1.165, 1.54) is 23.5 Å². The number of aromatic nitrogens is 3. The Bertz CT molecular complexity index is 659. The SMILES string of the molecule is Cc1cc(NC2CCN(Cc3csc(C4CC4)n3)CC2)ncn1. The van der Waals surface area contributed by atoms with E-state index in [1.54, 1.807) is 6.33 Å². The highest BCUT2D eigenvalue weighted by molar-refractivity contribution is 7.09. The van der Waals surface area contributed by atoms with Gasteiger partial charge in [0.2, 0.25) is 0 Å². The lowest BCUT2D eigenvalue weighted by Gasteiger charge is -2.32. The van der Waals surface area contributed by atoms with Crippen molar-refractivity contribution >= 4 is 17.2 Å². The molecule has 1 saturated heterocycles. The molecule has 2 aliphatic rings. The van der Waals surface area contributed by atoms with Gasteiger partial charge in [0.05, 0.1) is 10.7 Å². The number of hydrogen-bond acceptors (Lipinski definition) is 6. The molecular formula is C17H23N5S. The summed E-state index contributed by atoms with van der Waals surface area (Å²) in [6.45, 7) is 5.25. The molecule has 1 saturated carbocycles. The van der Waals surface area contributed by atoms with Gasteiger partial charge in [0, 0.05) is 48.7 Å². The molecule has 23 heavy (non-hydrogen) atoms. The average Bonchev–Trinajstić information content (AvgIpc) is 3.30. The fourth-order valence-electron chi connectivity index (χ4n) is 3.12. The van der Waals surface area contributed by atoms with E-state index >= 15 is 0 Å². The topological polar surface area (TPSA) is 53.9 Å². The first-order chi connectivity index (χ1) is 11.3. The lowest BCUT2D eigenvalue weighted by atomic mass is 10.0. The highest BCUT2D eigenvalue weighted by Crippen LogP contribution is 2.41. The lowest BCUT2D eigenvalue weighted by molar-refractivity contribution is 0.209. The van der Waals surface area contributed by atoms with Crippen molar-refractivity contribution in [1.29, 1.82) is 0 Å². The van der Waals surface area contributed by atoms with Gasteiger partial charge >= 0.3 is 0 Å². The maximum atomic E-state index is 4.81. The maximum Gasteiger partial charge on any atom is 0.129 e. The molecule has 0 aromatic carbocycles. The van der Waals surface area contributed by atoms with E-state index in [2.05, 4.69) is 25.6 Å². The molecule has 2 aromatic rings. The van der Waals surface area contributed by atoms with Gasteiger partial charge in [0.15, 0.2) is 0 Å². The second kappa shape index (κ2) is 6.53. The summed E-state index contributed by atoms with van der Waals surface area (Å²) in [5, 5.41) is 7.15. The highest BCUT2D eigenvalue weighted by atomic mass is 32.1. The molecular weight excluding hydrogens is 306 g/mol. The van der Waals surface area contributed by atoms with E-state index in [0.29, 0.717) is 6.04 Å². The van der Waals surface area contributed by atoms with Crippen molar-refractivity contribution in [3.05, 3.63) is 34.2 Å². The third-order valence-corrected chi connectivity index (χ3v) is 5.68. The molecule has 0 atom stereocenters. The fraction of sp³-hybridized carbons (Fsp3) is 0.588. The maximum absolute atomic E-state index is 4.81. The van der Waals surface area contributed by atoms with Crippen LogP contribution in [0, 0.1) is 6.92 Å². The molecule has 122 valence electrons. The van der Waals surface area contributed by atoms with Gasteiger partial charge in [-0.2, -0.15) is 0 Å². The molecule has 2 fully saturated rings. The van der Waals surface area contributed by atoms with Gasteiger partial charge < -0.3 is 5.32 Å². The van der Waals surface area contributed by atoms with Crippen LogP contribution in [0.5, 0.6) is 0 Å². The molecule has 0 radical (unpaired) electrons. The van der Waals surface area contributed by atoms with Crippen molar-refractivity contribution in [2.75, 3.05) is 18.4 Å². The average molecular weight is 329 g/mol. The number of nitrogens with one attached hydrogen (secondary N) is 1. The monoisotopic (exact) mass is 329 g/mol. The number of thiazole rings is 1. The molecule has 0 unspecified atom stereocenters. The fourth-order valence-corrected chi connectivity index (χ4v) is 4.10. The Kier molecular flexibility index (Phi) is 4.27. The molecule has 6 heteroatoms. The summed E-state index contributed by atoms with van der Waals surface area (Å²) in [7, 11) is 0. The number of rotatable bonds is 5. The second-order valence-electron chi connectivity index (χ2n) is 6.69. The number of anilines is 1. The third-order valence-electron chi connectivity index (χ3n) is 4.63. The molecule has 5 nitrogen and oxygen atoms in total. The van der Waals surface area contributed by atoms with Crippen LogP contribution in [0.1, 0.15) is 48.0 Å². The number of aryl methyl sites for hydroxylation is 1. The Hall–Kier alpha value is -1.53. The Labute approximate surface area is 141 Å². The van der Waals surface area contributed by atoms with Gasteiger partial charge in [0.25, 0.3) is 0 Å². The van der Waals surface area contributed by atoms with E-state index in [9.17, 15) is 0 Å². The summed E-state index contributed by atoms with van der Waals surface area (Å²) < 4.78 is 0. The number of piperidine rings is 1. The van der Waals surface area contributed by atoms with E-state index < -0.39 is 0 Å². The molecule has 3 heterocycles. The van der Waals surface area contributed by atoms with E-state index in [0.717, 1.165) is 49.9 Å². The van der Waals surface area contributed by atoms with Crippen LogP contribution in [0.2, 0.25) is 0 Å². The summed E-state index contributed by atoms with van der Waals surface area (Å²) in [6, 6.07) is 2.53. The predicted molar refractivity (Wildman–Crippen MR) is 92.8 cm³/mol. The quantitative estimate of drug-likeness (QED) is 0.913.